The number of halogens is 1. The summed E-state index contributed by atoms with van der Waals surface area (Å²) in [5.74, 6) is -0.110. The topological polar surface area (TPSA) is 75.2 Å². The third kappa shape index (κ3) is 3.48. The summed E-state index contributed by atoms with van der Waals surface area (Å²) in [5, 5.41) is 3.06. The lowest BCUT2D eigenvalue weighted by molar-refractivity contribution is -0.127. The molecule has 0 unspecified atom stereocenters. The van der Waals surface area contributed by atoms with E-state index in [2.05, 4.69) is 15.3 Å². The van der Waals surface area contributed by atoms with Gasteiger partial charge >= 0.3 is 0 Å². The molecule has 1 aliphatic heterocycles. The number of carbonyl (C=O) groups is 2. The fourth-order valence-electron chi connectivity index (χ4n) is 4.40. The smallest absolute Gasteiger partial charge is 0.270 e. The van der Waals surface area contributed by atoms with Crippen molar-refractivity contribution in [1.82, 2.24) is 15.3 Å². The summed E-state index contributed by atoms with van der Waals surface area (Å²) in [6.07, 6.45) is 5.00. The van der Waals surface area contributed by atoms with E-state index >= 15 is 0 Å². The Morgan fingerprint density at radius 1 is 1.29 bits per heavy atom. The molecule has 2 aliphatic rings. The van der Waals surface area contributed by atoms with Crippen LogP contribution in [0.4, 0.5) is 10.2 Å². The molecule has 2 aromatic rings. The molecule has 1 N–H and O–H groups in total. The number of carbonyl (C=O) groups excluding carboxylic acids is 2. The molecule has 0 bridgehead atoms. The molecule has 28 heavy (non-hydrogen) atoms. The normalized spacial score (nSPS) is 24.6. The second-order valence-corrected chi connectivity index (χ2v) is 7.75. The standard InChI is InChI=1S/C21H23FN4O2/c1-14-4-2-6-17(24-14)19(27)25-16-5-3-9-21(12-16)10-11-26(20(21)28)18-8-7-15(22)13-23-18/h2,4,6-8,13,16H,3,5,9-12H2,1H3,(H,25,27)/t16-,21+/m1/s1. The van der Waals surface area contributed by atoms with E-state index in [9.17, 15) is 14.0 Å². The van der Waals surface area contributed by atoms with Crippen LogP contribution in [0.5, 0.6) is 0 Å². The molecule has 0 radical (unpaired) electrons. The van der Waals surface area contributed by atoms with Gasteiger partial charge in [0.1, 0.15) is 17.3 Å². The van der Waals surface area contributed by atoms with Crippen LogP contribution in [0.2, 0.25) is 0 Å². The highest BCUT2D eigenvalue weighted by molar-refractivity contribution is 5.99. The van der Waals surface area contributed by atoms with E-state index in [0.29, 0.717) is 24.5 Å². The summed E-state index contributed by atoms with van der Waals surface area (Å²) in [4.78, 5) is 35.7. The molecule has 1 spiro atoms. The van der Waals surface area contributed by atoms with E-state index < -0.39 is 11.2 Å². The first kappa shape index (κ1) is 18.5. The first-order valence-electron chi connectivity index (χ1n) is 9.65. The van der Waals surface area contributed by atoms with E-state index in [-0.39, 0.29) is 17.9 Å². The molecular formula is C21H23FN4O2. The van der Waals surface area contributed by atoms with E-state index in [4.69, 9.17) is 0 Å². The minimum atomic E-state index is -0.480. The maximum atomic E-state index is 13.2. The zero-order valence-corrected chi connectivity index (χ0v) is 15.8. The van der Waals surface area contributed by atoms with Crippen LogP contribution in [-0.2, 0) is 4.79 Å². The van der Waals surface area contributed by atoms with Gasteiger partial charge in [-0.2, -0.15) is 0 Å². The lowest BCUT2D eigenvalue weighted by Gasteiger charge is -2.36. The van der Waals surface area contributed by atoms with Crippen molar-refractivity contribution in [3.63, 3.8) is 0 Å². The molecule has 1 saturated heterocycles. The maximum Gasteiger partial charge on any atom is 0.270 e. The van der Waals surface area contributed by atoms with Crippen LogP contribution in [0.3, 0.4) is 0 Å². The number of hydrogen-bond acceptors (Lipinski definition) is 4. The minimum absolute atomic E-state index is 0.0271. The van der Waals surface area contributed by atoms with Crippen LogP contribution in [0.1, 0.15) is 48.3 Å². The molecule has 7 heteroatoms. The number of pyridine rings is 2. The SMILES string of the molecule is Cc1cccc(C(=O)N[C@@H]2CCC[C@]3(CCN(c4ccc(F)cn4)C3=O)C2)n1. The summed E-state index contributed by atoms with van der Waals surface area (Å²) in [6.45, 7) is 2.42. The summed E-state index contributed by atoms with van der Waals surface area (Å²) < 4.78 is 13.1. The van der Waals surface area contributed by atoms with Crippen molar-refractivity contribution in [2.24, 2.45) is 5.41 Å². The largest absolute Gasteiger partial charge is 0.348 e. The van der Waals surface area contributed by atoms with Crippen LogP contribution < -0.4 is 10.2 Å². The molecular weight excluding hydrogens is 359 g/mol. The van der Waals surface area contributed by atoms with Gasteiger partial charge in [0.2, 0.25) is 5.91 Å². The molecule has 0 aromatic carbocycles. The Balaban J connectivity index is 1.46. The zero-order chi connectivity index (χ0) is 19.7. The zero-order valence-electron chi connectivity index (χ0n) is 15.8. The van der Waals surface area contributed by atoms with Crippen LogP contribution in [0.25, 0.3) is 0 Å². The Labute approximate surface area is 163 Å². The lowest BCUT2D eigenvalue weighted by atomic mass is 9.71. The average Bonchev–Trinajstić information content (AvgIpc) is 2.98. The predicted molar refractivity (Wildman–Crippen MR) is 102 cm³/mol. The van der Waals surface area contributed by atoms with Gasteiger partial charge in [-0.1, -0.05) is 12.5 Å². The Morgan fingerprint density at radius 3 is 2.89 bits per heavy atom. The monoisotopic (exact) mass is 382 g/mol. The maximum absolute atomic E-state index is 13.2. The van der Waals surface area contributed by atoms with E-state index in [0.717, 1.165) is 37.6 Å². The van der Waals surface area contributed by atoms with Crippen LogP contribution in [-0.4, -0.2) is 34.4 Å². The molecule has 2 atom stereocenters. The highest BCUT2D eigenvalue weighted by atomic mass is 19.1. The van der Waals surface area contributed by atoms with Crippen molar-refractivity contribution < 1.29 is 14.0 Å². The number of aryl methyl sites for hydroxylation is 1. The van der Waals surface area contributed by atoms with Crippen LogP contribution >= 0.6 is 0 Å². The molecule has 1 saturated carbocycles. The van der Waals surface area contributed by atoms with Gasteiger partial charge in [0.05, 0.1) is 11.6 Å². The third-order valence-electron chi connectivity index (χ3n) is 5.80. The van der Waals surface area contributed by atoms with Gasteiger partial charge in [0.15, 0.2) is 0 Å². The highest BCUT2D eigenvalue weighted by Crippen LogP contribution is 2.45. The van der Waals surface area contributed by atoms with Gasteiger partial charge in [-0.25, -0.2) is 14.4 Å². The average molecular weight is 382 g/mol. The second-order valence-electron chi connectivity index (χ2n) is 7.75. The van der Waals surface area contributed by atoms with Gasteiger partial charge in [-0.3, -0.25) is 14.5 Å². The number of hydrogen-bond donors (Lipinski definition) is 1. The van der Waals surface area contributed by atoms with Gasteiger partial charge in [0, 0.05) is 18.3 Å². The number of aromatic nitrogens is 2. The van der Waals surface area contributed by atoms with Gasteiger partial charge in [-0.05, 0) is 56.9 Å². The predicted octanol–water partition coefficient (Wildman–Crippen LogP) is 3.02. The number of anilines is 1. The first-order chi connectivity index (χ1) is 13.5. The summed E-state index contributed by atoms with van der Waals surface area (Å²) >= 11 is 0. The Hall–Kier alpha value is -2.83. The molecule has 6 nitrogen and oxygen atoms in total. The van der Waals surface area contributed by atoms with Crippen LogP contribution in [0, 0.1) is 18.2 Å². The van der Waals surface area contributed by atoms with Crippen molar-refractivity contribution in [1.29, 1.82) is 0 Å². The van der Waals surface area contributed by atoms with Gasteiger partial charge < -0.3 is 5.32 Å². The Bertz CT molecular complexity index is 902. The van der Waals surface area contributed by atoms with E-state index in [1.807, 2.05) is 19.1 Å². The number of rotatable bonds is 3. The molecule has 146 valence electrons. The van der Waals surface area contributed by atoms with Crippen molar-refractivity contribution in [3.05, 3.63) is 53.7 Å². The van der Waals surface area contributed by atoms with E-state index in [1.165, 1.54) is 12.1 Å². The van der Waals surface area contributed by atoms with Crippen molar-refractivity contribution in [3.8, 4) is 0 Å². The fourth-order valence-corrected chi connectivity index (χ4v) is 4.40. The number of amides is 2. The van der Waals surface area contributed by atoms with Crippen molar-refractivity contribution in [2.75, 3.05) is 11.4 Å². The minimum Gasteiger partial charge on any atom is -0.348 e. The summed E-state index contributed by atoms with van der Waals surface area (Å²) in [6, 6.07) is 8.16. The fraction of sp³-hybridized carbons (Fsp3) is 0.429. The Morgan fingerprint density at radius 2 is 2.14 bits per heavy atom. The molecule has 4 rings (SSSR count). The van der Waals surface area contributed by atoms with E-state index in [1.54, 1.807) is 11.0 Å². The molecule has 2 fully saturated rings. The quantitative estimate of drug-likeness (QED) is 0.885. The molecule has 2 amide bonds. The third-order valence-corrected chi connectivity index (χ3v) is 5.80. The molecule has 1 aliphatic carbocycles. The molecule has 2 aromatic heterocycles. The summed E-state index contributed by atoms with van der Waals surface area (Å²) in [5.41, 5.74) is 0.711. The van der Waals surface area contributed by atoms with Crippen LogP contribution in [0.15, 0.2) is 36.5 Å². The Kier molecular flexibility index (Phi) is 4.83. The van der Waals surface area contributed by atoms with Gasteiger partial charge in [0.25, 0.3) is 5.91 Å². The summed E-state index contributed by atoms with van der Waals surface area (Å²) in [7, 11) is 0. The first-order valence-corrected chi connectivity index (χ1v) is 9.65. The van der Waals surface area contributed by atoms with Gasteiger partial charge in [-0.15, -0.1) is 0 Å². The number of nitrogens with one attached hydrogen (secondary N) is 1. The van der Waals surface area contributed by atoms with Crippen molar-refractivity contribution in [2.45, 2.75) is 45.1 Å². The van der Waals surface area contributed by atoms with Crippen molar-refractivity contribution >= 4 is 17.6 Å². The second kappa shape index (κ2) is 7.30. The lowest BCUT2D eigenvalue weighted by Crippen LogP contribution is -2.46. The molecule has 3 heterocycles. The highest BCUT2D eigenvalue weighted by Gasteiger charge is 2.50. The number of nitrogens with zero attached hydrogens (tertiary/aromatic N) is 3.